The van der Waals surface area contributed by atoms with Gasteiger partial charge in [0.2, 0.25) is 0 Å². The summed E-state index contributed by atoms with van der Waals surface area (Å²) >= 11 is 0. The van der Waals surface area contributed by atoms with Crippen LogP contribution < -0.4 is 4.74 Å². The average Bonchev–Trinajstić information content (AvgIpc) is 3.10. The van der Waals surface area contributed by atoms with Gasteiger partial charge in [-0.2, -0.15) is 0 Å². The number of phenolic OH excluding ortho intramolecular Hbond substituents is 1. The molecule has 5 heteroatoms. The maximum atomic E-state index is 14.1. The molecule has 2 aromatic carbocycles. The molecule has 2 aromatic rings. The average molecular weight is 345 g/mol. The highest BCUT2D eigenvalue weighted by Crippen LogP contribution is 2.27. The van der Waals surface area contributed by atoms with Crippen LogP contribution in [-0.4, -0.2) is 36.4 Å². The number of methoxy groups -OCH3 is 1. The van der Waals surface area contributed by atoms with E-state index in [9.17, 15) is 9.50 Å². The molecule has 3 rings (SSSR count). The van der Waals surface area contributed by atoms with Gasteiger partial charge in [0.1, 0.15) is 5.82 Å². The molecular formula is C20H24FNO3. The molecule has 0 aliphatic carbocycles. The molecule has 0 aromatic heterocycles. The molecule has 0 radical (unpaired) electrons. The molecule has 25 heavy (non-hydrogen) atoms. The highest BCUT2D eigenvalue weighted by molar-refractivity contribution is 5.41. The summed E-state index contributed by atoms with van der Waals surface area (Å²) in [4.78, 5) is 2.16. The van der Waals surface area contributed by atoms with Crippen LogP contribution >= 0.6 is 0 Å². The lowest BCUT2D eigenvalue weighted by Crippen LogP contribution is -2.31. The molecule has 1 aliphatic heterocycles. The van der Waals surface area contributed by atoms with Crippen molar-refractivity contribution in [3.8, 4) is 11.5 Å². The molecule has 1 aliphatic rings. The monoisotopic (exact) mass is 345 g/mol. The van der Waals surface area contributed by atoms with Crippen molar-refractivity contribution < 1.29 is 19.0 Å². The standard InChI is InChI=1S/C20H24FNO3/c1-24-20-9-8-15(11-19(20)23)12-22(14-17-6-4-10-25-17)13-16-5-2-3-7-18(16)21/h2-3,5,7-9,11,17,23H,4,6,10,12-14H2,1H3. The maximum absolute atomic E-state index is 14.1. The van der Waals surface area contributed by atoms with Gasteiger partial charge < -0.3 is 14.6 Å². The molecule has 1 saturated heterocycles. The van der Waals surface area contributed by atoms with Crippen LogP contribution in [0.25, 0.3) is 0 Å². The molecule has 1 unspecified atom stereocenters. The maximum Gasteiger partial charge on any atom is 0.160 e. The summed E-state index contributed by atoms with van der Waals surface area (Å²) in [6.07, 6.45) is 2.28. The molecule has 0 saturated carbocycles. The van der Waals surface area contributed by atoms with Crippen LogP contribution in [0, 0.1) is 5.82 Å². The third kappa shape index (κ3) is 4.71. The van der Waals surface area contributed by atoms with Gasteiger partial charge in [-0.1, -0.05) is 24.3 Å². The van der Waals surface area contributed by atoms with Crippen LogP contribution in [0.15, 0.2) is 42.5 Å². The second-order valence-corrected chi connectivity index (χ2v) is 6.40. The van der Waals surface area contributed by atoms with Gasteiger partial charge in [-0.15, -0.1) is 0 Å². The van der Waals surface area contributed by atoms with Gasteiger partial charge in [-0.3, -0.25) is 4.90 Å². The first-order valence-corrected chi connectivity index (χ1v) is 8.59. The predicted octanol–water partition coefficient (Wildman–Crippen LogP) is 3.72. The van der Waals surface area contributed by atoms with Crippen LogP contribution in [0.4, 0.5) is 4.39 Å². The van der Waals surface area contributed by atoms with Crippen LogP contribution in [0.2, 0.25) is 0 Å². The lowest BCUT2D eigenvalue weighted by atomic mass is 10.1. The predicted molar refractivity (Wildman–Crippen MR) is 94.1 cm³/mol. The molecule has 1 N–H and O–H groups in total. The van der Waals surface area contributed by atoms with Crippen molar-refractivity contribution in [1.82, 2.24) is 4.90 Å². The van der Waals surface area contributed by atoms with E-state index in [0.29, 0.717) is 24.4 Å². The summed E-state index contributed by atoms with van der Waals surface area (Å²) in [5.41, 5.74) is 1.62. The molecule has 0 spiro atoms. The van der Waals surface area contributed by atoms with Gasteiger partial charge in [0.15, 0.2) is 11.5 Å². The highest BCUT2D eigenvalue weighted by Gasteiger charge is 2.20. The fourth-order valence-corrected chi connectivity index (χ4v) is 3.22. The van der Waals surface area contributed by atoms with Gasteiger partial charge in [0.25, 0.3) is 0 Å². The molecule has 0 amide bonds. The number of halogens is 1. The molecule has 1 atom stereocenters. The number of hydrogen-bond donors (Lipinski definition) is 1. The number of aromatic hydroxyl groups is 1. The van der Waals surface area contributed by atoms with Crippen LogP contribution in [0.1, 0.15) is 24.0 Å². The van der Waals surface area contributed by atoms with E-state index in [-0.39, 0.29) is 17.7 Å². The summed E-state index contributed by atoms with van der Waals surface area (Å²) in [7, 11) is 1.52. The number of phenols is 1. The molecule has 1 heterocycles. The zero-order valence-corrected chi connectivity index (χ0v) is 14.5. The van der Waals surface area contributed by atoms with Gasteiger partial charge in [-0.05, 0) is 36.6 Å². The van der Waals surface area contributed by atoms with E-state index in [1.807, 2.05) is 18.2 Å². The highest BCUT2D eigenvalue weighted by atomic mass is 19.1. The van der Waals surface area contributed by atoms with E-state index in [1.54, 1.807) is 18.2 Å². The quantitative estimate of drug-likeness (QED) is 0.830. The molecule has 1 fully saturated rings. The van der Waals surface area contributed by atoms with Crippen LogP contribution in [0.3, 0.4) is 0 Å². The first-order chi connectivity index (χ1) is 12.2. The number of ether oxygens (including phenoxy) is 2. The van der Waals surface area contributed by atoms with Crippen molar-refractivity contribution in [1.29, 1.82) is 0 Å². The molecular weight excluding hydrogens is 321 g/mol. The zero-order chi connectivity index (χ0) is 17.6. The first-order valence-electron chi connectivity index (χ1n) is 8.59. The lowest BCUT2D eigenvalue weighted by molar-refractivity contribution is 0.0675. The van der Waals surface area contributed by atoms with E-state index < -0.39 is 0 Å². The minimum atomic E-state index is -0.197. The Morgan fingerprint density at radius 1 is 1.24 bits per heavy atom. The van der Waals surface area contributed by atoms with Gasteiger partial charge in [0.05, 0.1) is 13.2 Å². The SMILES string of the molecule is COc1ccc(CN(Cc2ccccc2F)CC2CCCO2)cc1O. The van der Waals surface area contributed by atoms with Crippen molar-refractivity contribution in [2.24, 2.45) is 0 Å². The molecule has 0 bridgehead atoms. The summed E-state index contributed by atoms with van der Waals surface area (Å²) < 4.78 is 24.9. The first kappa shape index (κ1) is 17.7. The third-order valence-corrected chi connectivity index (χ3v) is 4.49. The van der Waals surface area contributed by atoms with Crippen LogP contribution in [-0.2, 0) is 17.8 Å². The smallest absolute Gasteiger partial charge is 0.160 e. The van der Waals surface area contributed by atoms with Crippen LogP contribution in [0.5, 0.6) is 11.5 Å². The van der Waals surface area contributed by atoms with E-state index in [4.69, 9.17) is 9.47 Å². The molecule has 134 valence electrons. The van der Waals surface area contributed by atoms with Crippen molar-refractivity contribution in [3.63, 3.8) is 0 Å². The fourth-order valence-electron chi connectivity index (χ4n) is 3.22. The Balaban J connectivity index is 1.75. The number of nitrogens with zero attached hydrogens (tertiary/aromatic N) is 1. The Morgan fingerprint density at radius 3 is 2.76 bits per heavy atom. The second kappa shape index (κ2) is 8.32. The normalized spacial score (nSPS) is 17.2. The van der Waals surface area contributed by atoms with Crippen molar-refractivity contribution in [2.75, 3.05) is 20.3 Å². The van der Waals surface area contributed by atoms with Crippen molar-refractivity contribution in [2.45, 2.75) is 32.0 Å². The largest absolute Gasteiger partial charge is 0.504 e. The minimum Gasteiger partial charge on any atom is -0.504 e. The van der Waals surface area contributed by atoms with Crippen molar-refractivity contribution in [3.05, 3.63) is 59.4 Å². The number of rotatable bonds is 7. The van der Waals surface area contributed by atoms with E-state index >= 15 is 0 Å². The van der Waals surface area contributed by atoms with Gasteiger partial charge in [0, 0.05) is 31.8 Å². The van der Waals surface area contributed by atoms with E-state index in [2.05, 4.69) is 4.90 Å². The minimum absolute atomic E-state index is 0.114. The lowest BCUT2D eigenvalue weighted by Gasteiger charge is -2.25. The van der Waals surface area contributed by atoms with E-state index in [0.717, 1.165) is 31.6 Å². The Morgan fingerprint density at radius 2 is 2.08 bits per heavy atom. The zero-order valence-electron chi connectivity index (χ0n) is 14.5. The fraction of sp³-hybridized carbons (Fsp3) is 0.400. The summed E-state index contributed by atoms with van der Waals surface area (Å²) in [5, 5.41) is 9.99. The Bertz CT molecular complexity index is 701. The van der Waals surface area contributed by atoms with Gasteiger partial charge >= 0.3 is 0 Å². The second-order valence-electron chi connectivity index (χ2n) is 6.40. The Labute approximate surface area is 147 Å². The molecule has 4 nitrogen and oxygen atoms in total. The number of benzene rings is 2. The summed E-state index contributed by atoms with van der Waals surface area (Å²) in [6.45, 7) is 2.63. The summed E-state index contributed by atoms with van der Waals surface area (Å²) in [5.74, 6) is 0.365. The van der Waals surface area contributed by atoms with Gasteiger partial charge in [-0.25, -0.2) is 4.39 Å². The Kier molecular flexibility index (Phi) is 5.89. The topological polar surface area (TPSA) is 41.9 Å². The summed E-state index contributed by atoms with van der Waals surface area (Å²) in [6, 6.07) is 12.2. The Hall–Kier alpha value is -2.11. The van der Waals surface area contributed by atoms with Crippen molar-refractivity contribution >= 4 is 0 Å². The third-order valence-electron chi connectivity index (χ3n) is 4.49. The van der Waals surface area contributed by atoms with E-state index in [1.165, 1.54) is 13.2 Å². The number of hydrogen-bond acceptors (Lipinski definition) is 4.